The Balaban J connectivity index is 0.00000600. The van der Waals surface area contributed by atoms with Crippen LogP contribution in [0.2, 0.25) is 0 Å². The van der Waals surface area contributed by atoms with Gasteiger partial charge in [0.15, 0.2) is 0 Å². The molecule has 1 fully saturated rings. The molecule has 8 nitrogen and oxygen atoms in total. The van der Waals surface area contributed by atoms with E-state index in [4.69, 9.17) is 14.7 Å². The quantitative estimate of drug-likeness (QED) is 0.120. The summed E-state index contributed by atoms with van der Waals surface area (Å²) >= 11 is 0. The van der Waals surface area contributed by atoms with Crippen molar-refractivity contribution in [3.63, 3.8) is 0 Å². The van der Waals surface area contributed by atoms with Gasteiger partial charge in [-0.15, -0.1) is 53.6 Å². The Hall–Kier alpha value is -9.80. The first-order chi connectivity index (χ1) is 41.1. The first kappa shape index (κ1) is 51.1. The van der Waals surface area contributed by atoms with Crippen LogP contribution in [-0.2, 0) is 39.4 Å². The van der Waals surface area contributed by atoms with Crippen molar-refractivity contribution in [2.75, 3.05) is 9.80 Å². The maximum atomic E-state index is 10.0. The molecule has 1 aliphatic carbocycles. The Labute approximate surface area is 502 Å². The summed E-state index contributed by atoms with van der Waals surface area (Å²) in [6, 6.07) is 91.8. The number of nitriles is 1. The number of anilines is 4. The van der Waals surface area contributed by atoms with E-state index in [1.807, 2.05) is 18.3 Å². The number of rotatable bonds is 11. The molecule has 2 aliphatic heterocycles. The minimum absolute atomic E-state index is 0. The molecule has 406 valence electrons. The Morgan fingerprint density at radius 1 is 0.536 bits per heavy atom. The van der Waals surface area contributed by atoms with Crippen molar-refractivity contribution >= 4 is 55.6 Å². The molecular formula is C75H52N7OPt-3. The van der Waals surface area contributed by atoms with E-state index in [0.29, 0.717) is 11.5 Å². The van der Waals surface area contributed by atoms with E-state index in [1.54, 1.807) is 0 Å². The number of ether oxygens (including phenoxy) is 1. The van der Waals surface area contributed by atoms with Gasteiger partial charge in [0.25, 0.3) is 0 Å². The van der Waals surface area contributed by atoms with Gasteiger partial charge < -0.3 is 23.7 Å². The number of imidazole rings is 1. The number of fused-ring (bicyclic) bond motifs is 7. The Morgan fingerprint density at radius 3 is 1.79 bits per heavy atom. The fraction of sp³-hybridized carbons (Fsp3) is 0.0933. The molecule has 1 saturated carbocycles. The van der Waals surface area contributed by atoms with Gasteiger partial charge in [0.05, 0.1) is 22.5 Å². The predicted molar refractivity (Wildman–Crippen MR) is 334 cm³/mol. The number of para-hydroxylation sites is 2. The third-order valence-electron chi connectivity index (χ3n) is 17.0. The summed E-state index contributed by atoms with van der Waals surface area (Å²) in [6.45, 7) is 3.18. The van der Waals surface area contributed by atoms with Gasteiger partial charge in [0.2, 0.25) is 0 Å². The minimum atomic E-state index is -0.442. The molecule has 9 heteroatoms. The van der Waals surface area contributed by atoms with E-state index in [-0.39, 0.29) is 21.1 Å². The van der Waals surface area contributed by atoms with Crippen LogP contribution in [0.25, 0.3) is 94.3 Å². The molecule has 0 N–H and O–H groups in total. The van der Waals surface area contributed by atoms with E-state index >= 15 is 0 Å². The molecule has 13 aromatic rings. The summed E-state index contributed by atoms with van der Waals surface area (Å²) in [7, 11) is 0. The topological polar surface area (TPSA) is 75.1 Å². The third kappa shape index (κ3) is 8.69. The maximum absolute atomic E-state index is 10.0. The molecule has 10 aromatic carbocycles. The van der Waals surface area contributed by atoms with Crippen LogP contribution in [0.5, 0.6) is 11.5 Å². The SMILES string of the molecule is N#CC1(c2ccc(-n3c4[c-]c(Oc5[c-]c(N6[CH-]N(c7c(-c8ccccc8)cccc7-c7ccccc7)c7cc8c(cc76)nc6n8CCCC6)cc(-c6c(-c7ccccc7)cccc6-c6ccccc6)c5)ccc4c4ccccc43)nc2)CC1.[Pt]. The van der Waals surface area contributed by atoms with Crippen molar-refractivity contribution < 1.29 is 25.8 Å². The first-order valence-electron chi connectivity index (χ1n) is 28.6. The van der Waals surface area contributed by atoms with Gasteiger partial charge in [0.1, 0.15) is 11.6 Å². The van der Waals surface area contributed by atoms with Gasteiger partial charge in [-0.25, -0.2) is 9.97 Å². The number of benzene rings is 10. The second-order valence-electron chi connectivity index (χ2n) is 22.0. The largest absolute Gasteiger partial charge is 0.509 e. The summed E-state index contributed by atoms with van der Waals surface area (Å²) in [4.78, 5) is 15.0. The van der Waals surface area contributed by atoms with Crippen LogP contribution < -0.4 is 14.5 Å². The minimum Gasteiger partial charge on any atom is -0.509 e. The number of hydrogen-bond acceptors (Lipinski definition) is 6. The molecule has 0 amide bonds. The molecule has 16 rings (SSSR count). The smallest absolute Gasteiger partial charge is 0.135 e. The summed E-state index contributed by atoms with van der Waals surface area (Å²) in [5.41, 5.74) is 19.2. The Kier molecular flexibility index (Phi) is 12.7. The van der Waals surface area contributed by atoms with E-state index in [2.05, 4.69) is 262 Å². The van der Waals surface area contributed by atoms with Crippen molar-refractivity contribution in [3.8, 4) is 79.0 Å². The van der Waals surface area contributed by atoms with Gasteiger partial charge in [0, 0.05) is 85.4 Å². The average molecular weight is 1260 g/mol. The van der Waals surface area contributed by atoms with E-state index in [1.165, 1.54) is 0 Å². The van der Waals surface area contributed by atoms with Gasteiger partial charge >= 0.3 is 0 Å². The average Bonchev–Trinajstić information content (AvgIpc) is 2.68. The molecule has 84 heavy (non-hydrogen) atoms. The molecule has 3 aliphatic rings. The monoisotopic (exact) mass is 1260 g/mol. The van der Waals surface area contributed by atoms with E-state index in [0.717, 1.165) is 167 Å². The van der Waals surface area contributed by atoms with E-state index < -0.39 is 5.41 Å². The van der Waals surface area contributed by atoms with Gasteiger partial charge in [-0.05, 0) is 99.8 Å². The van der Waals surface area contributed by atoms with Crippen LogP contribution in [0.3, 0.4) is 0 Å². The molecule has 3 aromatic heterocycles. The van der Waals surface area contributed by atoms with Crippen molar-refractivity contribution in [3.05, 3.63) is 267 Å². The van der Waals surface area contributed by atoms with Crippen LogP contribution in [0.15, 0.2) is 237 Å². The Morgan fingerprint density at radius 2 is 1.15 bits per heavy atom. The van der Waals surface area contributed by atoms with Crippen LogP contribution in [-0.4, -0.2) is 19.1 Å². The molecule has 0 saturated heterocycles. The second kappa shape index (κ2) is 20.9. The number of hydrogen-bond donors (Lipinski definition) is 0. The number of nitrogens with zero attached hydrogens (tertiary/aromatic N) is 7. The maximum Gasteiger partial charge on any atom is 0.135 e. The zero-order chi connectivity index (χ0) is 55.0. The molecule has 0 radical (unpaired) electrons. The van der Waals surface area contributed by atoms with Crippen LogP contribution in [0.1, 0.15) is 37.1 Å². The third-order valence-corrected chi connectivity index (χ3v) is 17.0. The van der Waals surface area contributed by atoms with Crippen molar-refractivity contribution in [2.24, 2.45) is 0 Å². The predicted octanol–water partition coefficient (Wildman–Crippen LogP) is 18.6. The van der Waals surface area contributed by atoms with Crippen LogP contribution in [0, 0.1) is 30.1 Å². The fourth-order valence-electron chi connectivity index (χ4n) is 12.8. The molecule has 0 atom stereocenters. The van der Waals surface area contributed by atoms with E-state index in [9.17, 15) is 5.26 Å². The van der Waals surface area contributed by atoms with Gasteiger partial charge in [-0.3, -0.25) is 0 Å². The van der Waals surface area contributed by atoms with Crippen molar-refractivity contribution in [2.45, 2.75) is 44.1 Å². The number of pyridine rings is 1. The first-order valence-corrected chi connectivity index (χ1v) is 28.6. The summed E-state index contributed by atoms with van der Waals surface area (Å²) in [5.74, 6) is 2.93. The number of aromatic nitrogens is 4. The number of aryl methyl sites for hydroxylation is 2. The molecular weight excluding hydrogens is 1210 g/mol. The zero-order valence-corrected chi connectivity index (χ0v) is 48.0. The van der Waals surface area contributed by atoms with Gasteiger partial charge in [-0.1, -0.05) is 188 Å². The molecule has 5 heterocycles. The Bertz CT molecular complexity index is 4590. The molecule has 0 bridgehead atoms. The standard InChI is InChI=1S/C75H52N7O.Pt/c76-48-75(38-39-75)55-34-37-71(77-47-55)82-66-32-14-13-27-63(66)64-36-35-57(44-67(64)82)83-58-42-54(73-59(50-19-5-1-6-20-50)28-17-29-60(73)51-21-7-2-8-22-51)41-56(43-58)80-49-81(70-46-68-65(45-69(70)80)78-72-33-15-16-40-79(68)72)74-61(52-23-9-3-10-24-52)30-18-31-62(74)53-25-11-4-12-26-53;/h1-14,17-32,34-37,41-42,45-47,49H,15-16,33,38-40H2;/q-3;. The van der Waals surface area contributed by atoms with Crippen LogP contribution >= 0.6 is 0 Å². The second-order valence-corrected chi connectivity index (χ2v) is 22.0. The normalized spacial score (nSPS) is 14.0. The van der Waals surface area contributed by atoms with Crippen molar-refractivity contribution in [1.29, 1.82) is 5.26 Å². The summed E-state index contributed by atoms with van der Waals surface area (Å²) < 4.78 is 11.8. The fourth-order valence-corrected chi connectivity index (χ4v) is 12.8. The summed E-state index contributed by atoms with van der Waals surface area (Å²) in [5, 5.41) is 12.2. The molecule has 0 spiro atoms. The summed E-state index contributed by atoms with van der Waals surface area (Å²) in [6.07, 6.45) is 6.77. The van der Waals surface area contributed by atoms with Crippen molar-refractivity contribution in [1.82, 2.24) is 19.1 Å². The van der Waals surface area contributed by atoms with Crippen LogP contribution in [0.4, 0.5) is 22.7 Å². The molecule has 0 unspecified atom stereocenters. The van der Waals surface area contributed by atoms with Gasteiger partial charge in [-0.2, -0.15) is 11.3 Å². The zero-order valence-electron chi connectivity index (χ0n) is 45.7.